The third-order valence-corrected chi connectivity index (χ3v) is 4.09. The minimum absolute atomic E-state index is 0.126. The Labute approximate surface area is 147 Å². The first-order valence-corrected chi connectivity index (χ1v) is 8.25. The smallest absolute Gasteiger partial charge is 0.244 e. The summed E-state index contributed by atoms with van der Waals surface area (Å²) < 4.78 is 2.17. The molecular weight excluding hydrogens is 310 g/mol. The molecule has 25 heavy (non-hydrogen) atoms. The highest BCUT2D eigenvalue weighted by Crippen LogP contribution is 2.19. The van der Waals surface area contributed by atoms with Crippen LogP contribution in [0, 0.1) is 13.8 Å². The van der Waals surface area contributed by atoms with Crippen LogP contribution in [0.2, 0.25) is 0 Å². The lowest BCUT2D eigenvalue weighted by molar-refractivity contribution is -0.120. The van der Waals surface area contributed by atoms with Crippen LogP contribution in [0.5, 0.6) is 0 Å². The standard InChI is InChI=1S/C21H21N3O/c1-16-13-19(17(2)24(16)20-11-7-4-8-12-20)15-22-23-21(25)14-18-9-5-3-6-10-18/h3-13,15H,14H2,1-2H3,(H,23,25)/b22-15+. The highest BCUT2D eigenvalue weighted by atomic mass is 16.2. The van der Waals surface area contributed by atoms with Crippen LogP contribution in [0.4, 0.5) is 0 Å². The van der Waals surface area contributed by atoms with Crippen molar-refractivity contribution in [2.75, 3.05) is 0 Å². The highest BCUT2D eigenvalue weighted by Gasteiger charge is 2.09. The Bertz CT molecular complexity index is 880. The van der Waals surface area contributed by atoms with Crippen LogP contribution in [-0.4, -0.2) is 16.7 Å². The average molecular weight is 331 g/mol. The number of nitrogens with zero attached hydrogens (tertiary/aromatic N) is 2. The Kier molecular flexibility index (Phi) is 5.09. The van der Waals surface area contributed by atoms with E-state index in [0.717, 1.165) is 28.2 Å². The van der Waals surface area contributed by atoms with Crippen LogP contribution in [0.25, 0.3) is 5.69 Å². The van der Waals surface area contributed by atoms with Crippen molar-refractivity contribution in [2.24, 2.45) is 5.10 Å². The van der Waals surface area contributed by atoms with Gasteiger partial charge in [-0.3, -0.25) is 4.79 Å². The number of hydrogen-bond donors (Lipinski definition) is 1. The number of para-hydroxylation sites is 1. The van der Waals surface area contributed by atoms with Gasteiger partial charge >= 0.3 is 0 Å². The predicted molar refractivity (Wildman–Crippen MR) is 101 cm³/mol. The average Bonchev–Trinajstić information content (AvgIpc) is 2.90. The van der Waals surface area contributed by atoms with Gasteiger partial charge < -0.3 is 4.57 Å². The van der Waals surface area contributed by atoms with Crippen molar-refractivity contribution in [3.8, 4) is 5.69 Å². The summed E-state index contributed by atoms with van der Waals surface area (Å²) >= 11 is 0. The van der Waals surface area contributed by atoms with Crippen LogP contribution in [0.1, 0.15) is 22.5 Å². The highest BCUT2D eigenvalue weighted by molar-refractivity contribution is 5.84. The first kappa shape index (κ1) is 16.7. The second-order valence-corrected chi connectivity index (χ2v) is 5.95. The van der Waals surface area contributed by atoms with Gasteiger partial charge in [-0.2, -0.15) is 5.10 Å². The summed E-state index contributed by atoms with van der Waals surface area (Å²) in [5, 5.41) is 4.11. The van der Waals surface area contributed by atoms with E-state index in [1.807, 2.05) is 55.5 Å². The second kappa shape index (κ2) is 7.62. The van der Waals surface area contributed by atoms with Crippen molar-refractivity contribution >= 4 is 12.1 Å². The molecule has 0 aliphatic rings. The molecule has 1 heterocycles. The molecule has 0 bridgehead atoms. The van der Waals surface area contributed by atoms with E-state index in [9.17, 15) is 4.79 Å². The largest absolute Gasteiger partial charge is 0.318 e. The van der Waals surface area contributed by atoms with Crippen molar-refractivity contribution in [1.29, 1.82) is 0 Å². The molecular formula is C21H21N3O. The topological polar surface area (TPSA) is 46.4 Å². The molecule has 1 N–H and O–H groups in total. The Balaban J connectivity index is 1.69. The molecule has 0 aliphatic carbocycles. The summed E-state index contributed by atoms with van der Waals surface area (Å²) in [4.78, 5) is 12.0. The maximum absolute atomic E-state index is 12.0. The van der Waals surface area contributed by atoms with Crippen LogP contribution in [-0.2, 0) is 11.2 Å². The van der Waals surface area contributed by atoms with E-state index in [1.165, 1.54) is 0 Å². The second-order valence-electron chi connectivity index (χ2n) is 5.95. The van der Waals surface area contributed by atoms with Crippen molar-refractivity contribution in [1.82, 2.24) is 9.99 Å². The van der Waals surface area contributed by atoms with E-state index in [0.29, 0.717) is 6.42 Å². The van der Waals surface area contributed by atoms with Crippen molar-refractivity contribution < 1.29 is 4.79 Å². The lowest BCUT2D eigenvalue weighted by atomic mass is 10.1. The third kappa shape index (κ3) is 4.04. The number of aromatic nitrogens is 1. The maximum Gasteiger partial charge on any atom is 0.244 e. The Hall–Kier alpha value is -3.14. The number of rotatable bonds is 5. The molecule has 3 aromatic rings. The van der Waals surface area contributed by atoms with Crippen molar-refractivity contribution in [3.05, 3.63) is 89.2 Å². The van der Waals surface area contributed by atoms with E-state index in [2.05, 4.69) is 40.2 Å². The molecule has 2 aromatic carbocycles. The fourth-order valence-corrected chi connectivity index (χ4v) is 2.89. The normalized spacial score (nSPS) is 11.0. The van der Waals surface area contributed by atoms with Crippen LogP contribution >= 0.6 is 0 Å². The summed E-state index contributed by atoms with van der Waals surface area (Å²) in [7, 11) is 0. The minimum Gasteiger partial charge on any atom is -0.318 e. The summed E-state index contributed by atoms with van der Waals surface area (Å²) in [6, 6.07) is 21.9. The molecule has 0 saturated heterocycles. The lowest BCUT2D eigenvalue weighted by Gasteiger charge is -2.08. The summed E-state index contributed by atoms with van der Waals surface area (Å²) in [5.41, 5.74) is 7.88. The zero-order chi connectivity index (χ0) is 17.6. The SMILES string of the molecule is Cc1cc(/C=N/NC(=O)Cc2ccccc2)c(C)n1-c1ccccc1. The Morgan fingerprint density at radius 3 is 2.36 bits per heavy atom. The molecule has 126 valence electrons. The predicted octanol–water partition coefficient (Wildman–Crippen LogP) is 3.79. The van der Waals surface area contributed by atoms with Gasteiger partial charge in [0, 0.05) is 22.6 Å². The van der Waals surface area contributed by atoms with Gasteiger partial charge in [-0.05, 0) is 37.6 Å². The van der Waals surface area contributed by atoms with E-state index >= 15 is 0 Å². The van der Waals surface area contributed by atoms with E-state index < -0.39 is 0 Å². The zero-order valence-corrected chi connectivity index (χ0v) is 14.4. The number of nitrogens with one attached hydrogen (secondary N) is 1. The van der Waals surface area contributed by atoms with Crippen molar-refractivity contribution in [2.45, 2.75) is 20.3 Å². The monoisotopic (exact) mass is 331 g/mol. The van der Waals surface area contributed by atoms with Gasteiger partial charge in [0.15, 0.2) is 0 Å². The number of carbonyl (C=O) groups excluding carboxylic acids is 1. The van der Waals surface area contributed by atoms with Gasteiger partial charge in [-0.25, -0.2) is 5.43 Å². The van der Waals surface area contributed by atoms with Gasteiger partial charge in [0.1, 0.15) is 0 Å². The van der Waals surface area contributed by atoms with Crippen molar-refractivity contribution in [3.63, 3.8) is 0 Å². The molecule has 4 heteroatoms. The first-order valence-electron chi connectivity index (χ1n) is 8.25. The lowest BCUT2D eigenvalue weighted by Crippen LogP contribution is -2.19. The fraction of sp³-hybridized carbons (Fsp3) is 0.143. The van der Waals surface area contributed by atoms with Gasteiger partial charge in [0.2, 0.25) is 5.91 Å². The molecule has 0 radical (unpaired) electrons. The number of carbonyl (C=O) groups is 1. The molecule has 3 rings (SSSR count). The number of amides is 1. The molecule has 0 atom stereocenters. The molecule has 0 aliphatic heterocycles. The summed E-state index contributed by atoms with van der Waals surface area (Å²) in [5.74, 6) is -0.126. The first-order chi connectivity index (χ1) is 12.1. The zero-order valence-electron chi connectivity index (χ0n) is 14.4. The number of benzene rings is 2. The molecule has 0 fully saturated rings. The quantitative estimate of drug-likeness (QED) is 0.561. The molecule has 1 amide bonds. The number of hydrogen-bond acceptors (Lipinski definition) is 2. The number of hydrazone groups is 1. The summed E-state index contributed by atoms with van der Waals surface area (Å²) in [6.07, 6.45) is 2.02. The maximum atomic E-state index is 12.0. The molecule has 0 saturated carbocycles. The third-order valence-electron chi connectivity index (χ3n) is 4.09. The van der Waals surface area contributed by atoms with Gasteiger partial charge in [0.25, 0.3) is 0 Å². The molecule has 0 spiro atoms. The van der Waals surface area contributed by atoms with E-state index in [4.69, 9.17) is 0 Å². The van der Waals surface area contributed by atoms with Gasteiger partial charge in [-0.15, -0.1) is 0 Å². The molecule has 1 aromatic heterocycles. The fourth-order valence-electron chi connectivity index (χ4n) is 2.89. The van der Waals surface area contributed by atoms with E-state index in [1.54, 1.807) is 6.21 Å². The van der Waals surface area contributed by atoms with Gasteiger partial charge in [0.05, 0.1) is 12.6 Å². The van der Waals surface area contributed by atoms with Crippen LogP contribution < -0.4 is 5.43 Å². The minimum atomic E-state index is -0.126. The van der Waals surface area contributed by atoms with Gasteiger partial charge in [-0.1, -0.05) is 48.5 Å². The molecule has 4 nitrogen and oxygen atoms in total. The summed E-state index contributed by atoms with van der Waals surface area (Å²) in [6.45, 7) is 4.11. The Morgan fingerprint density at radius 1 is 1.04 bits per heavy atom. The van der Waals surface area contributed by atoms with Crippen LogP contribution in [0.3, 0.4) is 0 Å². The number of aryl methyl sites for hydroxylation is 1. The Morgan fingerprint density at radius 2 is 1.68 bits per heavy atom. The molecule has 0 unspecified atom stereocenters. The van der Waals surface area contributed by atoms with E-state index in [-0.39, 0.29) is 5.91 Å². The van der Waals surface area contributed by atoms with Crippen LogP contribution in [0.15, 0.2) is 71.8 Å².